The maximum absolute atomic E-state index is 13.5. The van der Waals surface area contributed by atoms with E-state index in [1.165, 1.54) is 6.92 Å². The van der Waals surface area contributed by atoms with Gasteiger partial charge in [0.1, 0.15) is 23.0 Å². The Kier molecular flexibility index (Phi) is 7.88. The van der Waals surface area contributed by atoms with Gasteiger partial charge in [-0.2, -0.15) is 0 Å². The van der Waals surface area contributed by atoms with Gasteiger partial charge >= 0.3 is 0 Å². The average molecular weight is 545 g/mol. The lowest BCUT2D eigenvalue weighted by Gasteiger charge is -2.18. The highest BCUT2D eigenvalue weighted by molar-refractivity contribution is 5.81. The van der Waals surface area contributed by atoms with Gasteiger partial charge < -0.3 is 29.6 Å². The number of allylic oxidation sites excluding steroid dienone is 2. The van der Waals surface area contributed by atoms with E-state index in [1.807, 2.05) is 49.0 Å². The van der Waals surface area contributed by atoms with E-state index in [0.717, 1.165) is 48.7 Å². The molecule has 2 atom stereocenters. The number of aryl methyl sites for hydroxylation is 1. The summed E-state index contributed by atoms with van der Waals surface area (Å²) in [5.41, 5.74) is 3.07. The summed E-state index contributed by atoms with van der Waals surface area (Å²) in [6.45, 7) is 7.22. The summed E-state index contributed by atoms with van der Waals surface area (Å²) in [5.74, 6) is 2.21. The number of carbonyl (C=O) groups is 1. The number of anilines is 2. The number of nitrogens with one attached hydrogen (secondary N) is 2. The number of amides is 1. The number of carbonyl (C=O) groups excluding carboxylic acids is 1. The fourth-order valence-electron chi connectivity index (χ4n) is 5.22. The molecule has 2 heterocycles. The Balaban J connectivity index is 1.41. The van der Waals surface area contributed by atoms with Crippen molar-refractivity contribution in [1.82, 2.24) is 19.4 Å². The lowest BCUT2D eigenvalue weighted by Crippen LogP contribution is -2.29. The number of nitrogens with zero attached hydrogens (tertiary/aromatic N) is 4. The zero-order valence-corrected chi connectivity index (χ0v) is 23.2. The molecule has 10 heteroatoms. The number of aliphatic hydroxyl groups is 1. The minimum Gasteiger partial charge on any atom is -0.458 e. The molecule has 2 aromatic heterocycles. The van der Waals surface area contributed by atoms with Gasteiger partial charge in [0.25, 0.3) is 5.56 Å². The minimum atomic E-state index is -0.354. The predicted molar refractivity (Wildman–Crippen MR) is 156 cm³/mol. The number of ether oxygens (including phenoxy) is 1. The van der Waals surface area contributed by atoms with Gasteiger partial charge in [-0.15, -0.1) is 0 Å². The maximum atomic E-state index is 13.5. The van der Waals surface area contributed by atoms with Gasteiger partial charge in [0.05, 0.1) is 17.1 Å². The predicted octanol–water partition coefficient (Wildman–Crippen LogP) is 4.48. The molecule has 2 aliphatic carbocycles. The molecular weight excluding hydrogens is 508 g/mol. The second-order valence-corrected chi connectivity index (χ2v) is 10.6. The molecule has 0 spiro atoms. The molecule has 2 fully saturated rings. The van der Waals surface area contributed by atoms with E-state index in [-0.39, 0.29) is 29.3 Å². The third-order valence-corrected chi connectivity index (χ3v) is 7.58. The van der Waals surface area contributed by atoms with Crippen LogP contribution in [0.5, 0.6) is 5.75 Å². The highest BCUT2D eigenvalue weighted by Crippen LogP contribution is 2.40. The summed E-state index contributed by atoms with van der Waals surface area (Å²) in [6.07, 6.45) is 9.94. The summed E-state index contributed by atoms with van der Waals surface area (Å²) < 4.78 is 9.69. The molecule has 0 aliphatic heterocycles. The first kappa shape index (κ1) is 27.4. The minimum absolute atomic E-state index is 0.0997. The van der Waals surface area contributed by atoms with Gasteiger partial charge in [-0.3, -0.25) is 9.59 Å². The molecule has 10 nitrogen and oxygen atoms in total. The molecule has 40 heavy (non-hydrogen) atoms. The number of rotatable bonds is 10. The Labute approximate surface area is 233 Å². The number of aromatic nitrogens is 3. The molecule has 3 N–H and O–H groups in total. The van der Waals surface area contributed by atoms with Crippen molar-refractivity contribution in [2.75, 3.05) is 5.32 Å². The Morgan fingerprint density at radius 3 is 2.73 bits per heavy atom. The Bertz CT molecular complexity index is 1560. The van der Waals surface area contributed by atoms with Crippen LogP contribution in [0.1, 0.15) is 57.4 Å². The van der Waals surface area contributed by atoms with Crippen LogP contribution in [-0.4, -0.2) is 38.0 Å². The first-order valence-corrected chi connectivity index (χ1v) is 13.7. The van der Waals surface area contributed by atoms with Gasteiger partial charge in [0, 0.05) is 44.8 Å². The highest BCUT2D eigenvalue weighted by Gasteiger charge is 2.29. The van der Waals surface area contributed by atoms with E-state index in [9.17, 15) is 14.7 Å². The van der Waals surface area contributed by atoms with Gasteiger partial charge in [0.15, 0.2) is 0 Å². The number of fused-ring (bicyclic) bond motifs is 1. The molecule has 5 rings (SSSR count). The van der Waals surface area contributed by atoms with Gasteiger partial charge in [-0.25, -0.2) is 9.98 Å². The molecule has 1 aromatic carbocycles. The number of aliphatic imine (C=N–C) groups is 1. The van der Waals surface area contributed by atoms with Crippen LogP contribution < -0.4 is 20.9 Å². The van der Waals surface area contributed by atoms with Gasteiger partial charge in [-0.1, -0.05) is 6.42 Å². The second-order valence-electron chi connectivity index (χ2n) is 10.6. The van der Waals surface area contributed by atoms with E-state index < -0.39 is 0 Å². The Morgan fingerprint density at radius 2 is 2.08 bits per heavy atom. The first-order chi connectivity index (χ1) is 19.2. The lowest BCUT2D eigenvalue weighted by atomic mass is 10.1. The van der Waals surface area contributed by atoms with Gasteiger partial charge in [0.2, 0.25) is 11.9 Å². The van der Waals surface area contributed by atoms with Crippen LogP contribution in [0.15, 0.2) is 64.0 Å². The number of aliphatic hydroxyl groups excluding tert-OH is 1. The van der Waals surface area contributed by atoms with Crippen molar-refractivity contribution in [2.45, 2.75) is 64.5 Å². The molecule has 2 saturated carbocycles. The van der Waals surface area contributed by atoms with E-state index in [2.05, 4.69) is 22.3 Å². The monoisotopic (exact) mass is 544 g/mol. The molecule has 0 radical (unpaired) electrons. The van der Waals surface area contributed by atoms with E-state index >= 15 is 0 Å². The molecular formula is C30H36N6O4. The third-order valence-electron chi connectivity index (χ3n) is 7.58. The van der Waals surface area contributed by atoms with Crippen LogP contribution in [-0.2, 0) is 18.4 Å². The normalized spacial score (nSPS) is 19.6. The van der Waals surface area contributed by atoms with Crippen molar-refractivity contribution < 1.29 is 14.6 Å². The van der Waals surface area contributed by atoms with E-state index in [0.29, 0.717) is 35.6 Å². The standard InChI is InChI=1S/C30H36N6O4/c1-5-22(15-28(31-3)32-18(2)37)40-23-11-12-24-26(14-23)35(4)30(33-24)34-25-13-21(19-9-10-19)17-36(29(25)39)16-20-7-6-8-27(20)38/h5,11-15,17,19-20,27,38H,3,6-10,16H2,1-2,4H3,(H,32,37)(H,33,34)/b22-5+,28-15+/t20-,27+/m1/s1. The molecule has 0 bridgehead atoms. The highest BCUT2D eigenvalue weighted by atomic mass is 16.5. The number of hydrogen-bond acceptors (Lipinski definition) is 7. The Hall–Kier alpha value is -4.18. The summed E-state index contributed by atoms with van der Waals surface area (Å²) in [7, 11) is 1.88. The second kappa shape index (κ2) is 11.5. The topological polar surface area (TPSA) is 123 Å². The molecule has 0 saturated heterocycles. The quantitative estimate of drug-likeness (QED) is 0.197. The van der Waals surface area contributed by atoms with Crippen LogP contribution in [0.4, 0.5) is 11.6 Å². The fraction of sp³-hybridized carbons (Fsp3) is 0.400. The SMILES string of the molecule is C=N/C(=C\C(=C/C)Oc1ccc2nc(Nc3cc(C4CC4)cn(C[C@H]4CCC[C@@H]4O)c3=O)n(C)c2c1)NC(C)=O. The molecule has 210 valence electrons. The van der Waals surface area contributed by atoms with E-state index in [4.69, 9.17) is 9.72 Å². The van der Waals surface area contributed by atoms with Crippen LogP contribution in [0.3, 0.4) is 0 Å². The maximum Gasteiger partial charge on any atom is 0.274 e. The number of benzene rings is 1. The van der Waals surface area contributed by atoms with Crippen molar-refractivity contribution in [3.63, 3.8) is 0 Å². The average Bonchev–Trinajstić information content (AvgIpc) is 3.64. The van der Waals surface area contributed by atoms with Crippen LogP contribution in [0, 0.1) is 5.92 Å². The van der Waals surface area contributed by atoms with Crippen LogP contribution in [0.2, 0.25) is 0 Å². The van der Waals surface area contributed by atoms with Crippen molar-refractivity contribution in [3.05, 3.63) is 70.1 Å². The largest absolute Gasteiger partial charge is 0.458 e. The molecule has 2 aliphatic rings. The van der Waals surface area contributed by atoms with Crippen molar-refractivity contribution >= 4 is 35.3 Å². The zero-order valence-electron chi connectivity index (χ0n) is 23.2. The molecule has 0 unspecified atom stereocenters. The summed E-state index contributed by atoms with van der Waals surface area (Å²) in [4.78, 5) is 33.4. The first-order valence-electron chi connectivity index (χ1n) is 13.7. The van der Waals surface area contributed by atoms with Crippen molar-refractivity contribution in [2.24, 2.45) is 18.0 Å². The molecule has 3 aromatic rings. The van der Waals surface area contributed by atoms with Crippen molar-refractivity contribution in [3.8, 4) is 5.75 Å². The summed E-state index contributed by atoms with van der Waals surface area (Å²) >= 11 is 0. The van der Waals surface area contributed by atoms with Crippen LogP contribution >= 0.6 is 0 Å². The smallest absolute Gasteiger partial charge is 0.274 e. The third kappa shape index (κ3) is 6.02. The fourth-order valence-corrected chi connectivity index (χ4v) is 5.22. The van der Waals surface area contributed by atoms with Gasteiger partial charge in [-0.05, 0) is 75.1 Å². The molecule has 1 amide bonds. The lowest BCUT2D eigenvalue weighted by molar-refractivity contribution is -0.118. The zero-order chi connectivity index (χ0) is 28.4. The Morgan fingerprint density at radius 1 is 1.27 bits per heavy atom. The summed E-state index contributed by atoms with van der Waals surface area (Å²) in [5, 5.41) is 16.2. The van der Waals surface area contributed by atoms with Crippen LogP contribution in [0.25, 0.3) is 11.0 Å². The number of imidazole rings is 1. The van der Waals surface area contributed by atoms with E-state index in [1.54, 1.807) is 16.7 Å². The number of hydrogen-bond donors (Lipinski definition) is 3. The summed E-state index contributed by atoms with van der Waals surface area (Å²) in [6, 6.07) is 7.47. The number of pyridine rings is 1. The van der Waals surface area contributed by atoms with Crippen molar-refractivity contribution in [1.29, 1.82) is 0 Å².